The molecule has 0 saturated carbocycles. The van der Waals surface area contributed by atoms with E-state index in [-0.39, 0.29) is 11.1 Å². The molecule has 7 heteroatoms. The van der Waals surface area contributed by atoms with Crippen LogP contribution in [0.15, 0.2) is 18.2 Å². The van der Waals surface area contributed by atoms with E-state index < -0.39 is 4.92 Å². The Hall–Kier alpha value is -1.82. The molecule has 1 saturated heterocycles. The Labute approximate surface area is 108 Å². The van der Waals surface area contributed by atoms with Gasteiger partial charge in [0, 0.05) is 25.2 Å². The molecule has 1 N–H and O–H groups in total. The van der Waals surface area contributed by atoms with Gasteiger partial charge in [0.2, 0.25) is 5.95 Å². The zero-order valence-corrected chi connectivity index (χ0v) is 10.2. The van der Waals surface area contributed by atoms with Gasteiger partial charge < -0.3 is 9.88 Å². The summed E-state index contributed by atoms with van der Waals surface area (Å²) in [5, 5.41) is 10.8. The van der Waals surface area contributed by atoms with Gasteiger partial charge in [-0.25, -0.2) is 4.98 Å². The summed E-state index contributed by atoms with van der Waals surface area (Å²) in [6, 6.07) is 4.61. The van der Waals surface area contributed by atoms with Crippen LogP contribution in [0.5, 0.6) is 0 Å². The average Bonchev–Trinajstić information content (AvgIpc) is 2.93. The number of nitro groups is 1. The number of fused-ring (bicyclic) bond motifs is 1. The maximum atomic E-state index is 10.7. The minimum atomic E-state index is -0.412. The first kappa shape index (κ1) is 11.3. The molecule has 1 aliphatic heterocycles. The molecule has 3 rings (SSSR count). The highest BCUT2D eigenvalue weighted by atomic mass is 35.5. The molecule has 0 radical (unpaired) electrons. The van der Waals surface area contributed by atoms with E-state index in [1.54, 1.807) is 6.07 Å². The molecule has 18 heavy (non-hydrogen) atoms. The summed E-state index contributed by atoms with van der Waals surface area (Å²) in [5.41, 5.74) is 1.47. The van der Waals surface area contributed by atoms with E-state index in [1.165, 1.54) is 12.1 Å². The van der Waals surface area contributed by atoms with E-state index in [0.29, 0.717) is 5.52 Å². The maximum Gasteiger partial charge on any atom is 0.271 e. The smallest absolute Gasteiger partial charge is 0.271 e. The van der Waals surface area contributed by atoms with Crippen LogP contribution in [-0.4, -0.2) is 33.4 Å². The lowest BCUT2D eigenvalue weighted by atomic mass is 10.3. The SMILES string of the molecule is O=[N+]([O-])c1ccc2nc(N3CCC(Cl)C3)[nH]c2c1. The number of aromatic nitrogens is 2. The lowest BCUT2D eigenvalue weighted by molar-refractivity contribution is -0.384. The molecule has 2 aromatic rings. The molecule has 6 nitrogen and oxygen atoms in total. The Bertz CT molecular complexity index is 612. The van der Waals surface area contributed by atoms with Crippen LogP contribution in [0.2, 0.25) is 0 Å². The van der Waals surface area contributed by atoms with Gasteiger partial charge in [-0.05, 0) is 12.5 Å². The average molecular weight is 267 g/mol. The van der Waals surface area contributed by atoms with Crippen LogP contribution in [0, 0.1) is 10.1 Å². The van der Waals surface area contributed by atoms with Gasteiger partial charge in [0.1, 0.15) is 0 Å². The lowest BCUT2D eigenvalue weighted by Crippen LogP contribution is -2.20. The molecule has 1 fully saturated rings. The number of H-pyrrole nitrogens is 1. The van der Waals surface area contributed by atoms with Crippen LogP contribution < -0.4 is 4.90 Å². The fourth-order valence-electron chi connectivity index (χ4n) is 2.16. The molecule has 1 atom stereocenters. The summed E-state index contributed by atoms with van der Waals surface area (Å²) < 4.78 is 0. The summed E-state index contributed by atoms with van der Waals surface area (Å²) in [5.74, 6) is 0.730. The van der Waals surface area contributed by atoms with Crippen molar-refractivity contribution >= 4 is 34.3 Å². The number of non-ortho nitro benzene ring substituents is 1. The number of hydrogen-bond donors (Lipinski definition) is 1. The van der Waals surface area contributed by atoms with Gasteiger partial charge in [0.15, 0.2) is 0 Å². The summed E-state index contributed by atoms with van der Waals surface area (Å²) in [4.78, 5) is 19.9. The molecule has 1 aromatic carbocycles. The number of nitro benzene ring substituents is 1. The van der Waals surface area contributed by atoms with Crippen molar-refractivity contribution in [3.63, 3.8) is 0 Å². The van der Waals surface area contributed by atoms with Crippen LogP contribution in [-0.2, 0) is 0 Å². The van der Waals surface area contributed by atoms with Crippen LogP contribution in [0.1, 0.15) is 6.42 Å². The Morgan fingerprint density at radius 2 is 2.39 bits per heavy atom. The Kier molecular flexibility index (Phi) is 2.59. The second-order valence-corrected chi connectivity index (χ2v) is 4.97. The molecule has 2 heterocycles. The molecule has 0 bridgehead atoms. The number of halogens is 1. The first-order chi connectivity index (χ1) is 8.63. The summed E-state index contributed by atoms with van der Waals surface area (Å²) in [6.45, 7) is 1.61. The maximum absolute atomic E-state index is 10.7. The first-order valence-corrected chi connectivity index (χ1v) is 6.10. The van der Waals surface area contributed by atoms with E-state index in [4.69, 9.17) is 11.6 Å². The minimum Gasteiger partial charge on any atom is -0.341 e. The molecule has 0 amide bonds. The lowest BCUT2D eigenvalue weighted by Gasteiger charge is -2.12. The van der Waals surface area contributed by atoms with Crippen molar-refractivity contribution in [2.75, 3.05) is 18.0 Å². The number of rotatable bonds is 2. The van der Waals surface area contributed by atoms with Crippen LogP contribution in [0.4, 0.5) is 11.6 Å². The highest BCUT2D eigenvalue weighted by Gasteiger charge is 2.23. The van der Waals surface area contributed by atoms with Crippen LogP contribution >= 0.6 is 11.6 Å². The number of nitrogens with zero attached hydrogens (tertiary/aromatic N) is 3. The second kappa shape index (κ2) is 4.13. The fourth-order valence-corrected chi connectivity index (χ4v) is 2.42. The number of hydrogen-bond acceptors (Lipinski definition) is 4. The number of alkyl halides is 1. The van der Waals surface area contributed by atoms with E-state index in [1.807, 2.05) is 0 Å². The molecule has 1 unspecified atom stereocenters. The predicted molar refractivity (Wildman–Crippen MR) is 69.2 cm³/mol. The standard InChI is InChI=1S/C11H11ClN4O2/c12-7-3-4-15(6-7)11-13-9-2-1-8(16(17)18)5-10(9)14-11/h1-2,5,7H,3-4,6H2,(H,13,14). The summed E-state index contributed by atoms with van der Waals surface area (Å²) in [7, 11) is 0. The topological polar surface area (TPSA) is 75.1 Å². The van der Waals surface area contributed by atoms with Crippen molar-refractivity contribution in [3.8, 4) is 0 Å². The highest BCUT2D eigenvalue weighted by Crippen LogP contribution is 2.25. The van der Waals surface area contributed by atoms with E-state index in [2.05, 4.69) is 14.9 Å². The third kappa shape index (κ3) is 1.88. The minimum absolute atomic E-state index is 0.0642. The number of anilines is 1. The first-order valence-electron chi connectivity index (χ1n) is 5.66. The number of benzene rings is 1. The van der Waals surface area contributed by atoms with E-state index >= 15 is 0 Å². The van der Waals surface area contributed by atoms with Gasteiger partial charge in [0.25, 0.3) is 5.69 Å². The molecule has 0 aliphatic carbocycles. The van der Waals surface area contributed by atoms with Gasteiger partial charge in [-0.1, -0.05) is 0 Å². The normalized spacial score (nSPS) is 19.6. The van der Waals surface area contributed by atoms with Gasteiger partial charge in [-0.2, -0.15) is 0 Å². The van der Waals surface area contributed by atoms with Gasteiger partial charge in [-0.15, -0.1) is 11.6 Å². The monoisotopic (exact) mass is 266 g/mol. The Morgan fingerprint density at radius 3 is 3.06 bits per heavy atom. The zero-order chi connectivity index (χ0) is 12.7. The molecular formula is C11H11ClN4O2. The molecule has 1 aromatic heterocycles. The third-order valence-electron chi connectivity index (χ3n) is 3.09. The van der Waals surface area contributed by atoms with E-state index in [0.717, 1.165) is 31.0 Å². The predicted octanol–water partition coefficient (Wildman–Crippen LogP) is 2.29. The number of imidazole rings is 1. The third-order valence-corrected chi connectivity index (χ3v) is 3.45. The van der Waals surface area contributed by atoms with E-state index in [9.17, 15) is 10.1 Å². The van der Waals surface area contributed by atoms with Crippen molar-refractivity contribution in [2.45, 2.75) is 11.8 Å². The number of aromatic amines is 1. The van der Waals surface area contributed by atoms with Gasteiger partial charge in [0.05, 0.1) is 21.3 Å². The highest BCUT2D eigenvalue weighted by molar-refractivity contribution is 6.21. The molecule has 1 aliphatic rings. The largest absolute Gasteiger partial charge is 0.341 e. The molecular weight excluding hydrogens is 256 g/mol. The van der Waals surface area contributed by atoms with Crippen LogP contribution in [0.25, 0.3) is 11.0 Å². The van der Waals surface area contributed by atoms with Crippen molar-refractivity contribution in [2.24, 2.45) is 0 Å². The van der Waals surface area contributed by atoms with Crippen molar-refractivity contribution in [1.82, 2.24) is 9.97 Å². The van der Waals surface area contributed by atoms with Crippen molar-refractivity contribution in [1.29, 1.82) is 0 Å². The quantitative estimate of drug-likeness (QED) is 0.514. The van der Waals surface area contributed by atoms with Crippen molar-refractivity contribution in [3.05, 3.63) is 28.3 Å². The number of nitrogens with one attached hydrogen (secondary N) is 1. The second-order valence-electron chi connectivity index (χ2n) is 4.35. The summed E-state index contributed by atoms with van der Waals surface area (Å²) >= 11 is 6.05. The Morgan fingerprint density at radius 1 is 1.56 bits per heavy atom. The van der Waals surface area contributed by atoms with Gasteiger partial charge in [-0.3, -0.25) is 10.1 Å². The molecule has 94 valence electrons. The van der Waals surface area contributed by atoms with Crippen molar-refractivity contribution < 1.29 is 4.92 Å². The Balaban J connectivity index is 1.98. The molecule has 0 spiro atoms. The summed E-state index contributed by atoms with van der Waals surface area (Å²) in [6.07, 6.45) is 0.929. The fraction of sp³-hybridized carbons (Fsp3) is 0.364. The zero-order valence-electron chi connectivity index (χ0n) is 9.47. The van der Waals surface area contributed by atoms with Crippen LogP contribution in [0.3, 0.4) is 0 Å². The van der Waals surface area contributed by atoms with Gasteiger partial charge >= 0.3 is 0 Å².